The largest absolute Gasteiger partial charge is 0.489 e. The molecule has 0 saturated carbocycles. The summed E-state index contributed by atoms with van der Waals surface area (Å²) < 4.78 is 32.0. The normalized spacial score (nSPS) is 11.4. The number of nitrogens with one attached hydrogen (secondary N) is 1. The zero-order chi connectivity index (χ0) is 27.8. The number of rotatable bonds is 10. The minimum absolute atomic E-state index is 0.0735. The summed E-state index contributed by atoms with van der Waals surface area (Å²) in [6.07, 6.45) is 2.66. The smallest absolute Gasteiger partial charge is 0.271 e. The lowest BCUT2D eigenvalue weighted by atomic mass is 10.2. The van der Waals surface area contributed by atoms with Gasteiger partial charge in [-0.2, -0.15) is 5.10 Å². The zero-order valence-corrected chi connectivity index (χ0v) is 23.1. The third-order valence-electron chi connectivity index (χ3n) is 5.88. The molecule has 0 aliphatic rings. The van der Waals surface area contributed by atoms with Crippen molar-refractivity contribution in [3.8, 4) is 5.75 Å². The molecule has 0 spiro atoms. The first-order valence-corrected chi connectivity index (χ1v) is 14.3. The van der Waals surface area contributed by atoms with Gasteiger partial charge in [0.1, 0.15) is 12.4 Å². The molecule has 0 aromatic heterocycles. The van der Waals surface area contributed by atoms with Gasteiger partial charge in [0.25, 0.3) is 5.91 Å². The Morgan fingerprint density at radius 1 is 0.949 bits per heavy atom. The van der Waals surface area contributed by atoms with Gasteiger partial charge in [-0.15, -0.1) is 0 Å². The van der Waals surface area contributed by atoms with E-state index in [0.29, 0.717) is 28.4 Å². The number of amides is 1. The molecule has 0 atom stereocenters. The zero-order valence-electron chi connectivity index (χ0n) is 21.5. The van der Waals surface area contributed by atoms with Crippen LogP contribution in [-0.2, 0) is 23.2 Å². The van der Waals surface area contributed by atoms with E-state index < -0.39 is 15.9 Å². The highest BCUT2D eigenvalue weighted by Gasteiger charge is 2.19. The molecule has 0 aliphatic heterocycles. The highest BCUT2D eigenvalue weighted by Crippen LogP contribution is 2.24. The van der Waals surface area contributed by atoms with E-state index in [1.807, 2.05) is 55.5 Å². The fourth-order valence-corrected chi connectivity index (χ4v) is 4.77. The average molecular weight is 562 g/mol. The Balaban J connectivity index is 1.33. The van der Waals surface area contributed by atoms with Crippen LogP contribution in [0.25, 0.3) is 0 Å². The highest BCUT2D eigenvalue weighted by atomic mass is 35.5. The number of carbonyl (C=O) groups is 1. The molecule has 0 radical (unpaired) electrons. The van der Waals surface area contributed by atoms with Crippen molar-refractivity contribution in [1.82, 2.24) is 5.43 Å². The monoisotopic (exact) mass is 561 g/mol. The Morgan fingerprint density at radius 3 is 2.26 bits per heavy atom. The van der Waals surface area contributed by atoms with Crippen LogP contribution in [-0.4, -0.2) is 26.8 Å². The molecule has 1 amide bonds. The van der Waals surface area contributed by atoms with Crippen LogP contribution in [0.3, 0.4) is 0 Å². The lowest BCUT2D eigenvalue weighted by molar-refractivity contribution is 0.0955. The molecule has 0 saturated heterocycles. The van der Waals surface area contributed by atoms with Crippen LogP contribution in [0.5, 0.6) is 5.75 Å². The van der Waals surface area contributed by atoms with Crippen molar-refractivity contribution >= 4 is 39.4 Å². The molecule has 39 heavy (non-hydrogen) atoms. The Hall–Kier alpha value is -4.14. The van der Waals surface area contributed by atoms with Crippen molar-refractivity contribution in [3.05, 3.63) is 130 Å². The number of halogens is 1. The van der Waals surface area contributed by atoms with E-state index in [9.17, 15) is 13.2 Å². The molecule has 7 nitrogen and oxygen atoms in total. The molecule has 200 valence electrons. The van der Waals surface area contributed by atoms with E-state index in [0.717, 1.165) is 23.1 Å². The molecule has 0 bridgehead atoms. The number of ether oxygens (including phenoxy) is 1. The number of nitrogens with zero attached hydrogens (tertiary/aromatic N) is 2. The molecular formula is C30H28ClN3O4S. The minimum atomic E-state index is -3.59. The predicted molar refractivity (Wildman–Crippen MR) is 156 cm³/mol. The standard InChI is InChI=1S/C30H28ClN3O4S/c1-22-7-9-24(10-8-22)21-38-28-17-11-23(12-18-28)19-32-33-30(35)25-13-15-27(16-14-25)34(39(2,36)37)20-26-5-3-4-6-29(26)31/h3-19H,20-21H2,1-2H3,(H,33,35)/b32-19-. The van der Waals surface area contributed by atoms with Crippen LogP contribution in [0.4, 0.5) is 5.69 Å². The topological polar surface area (TPSA) is 88.1 Å². The van der Waals surface area contributed by atoms with Gasteiger partial charge in [0, 0.05) is 10.6 Å². The number of benzene rings is 4. The van der Waals surface area contributed by atoms with E-state index in [1.165, 1.54) is 16.1 Å². The van der Waals surface area contributed by atoms with Crippen molar-refractivity contribution in [3.63, 3.8) is 0 Å². The van der Waals surface area contributed by atoms with E-state index >= 15 is 0 Å². The summed E-state index contributed by atoms with van der Waals surface area (Å²) in [5, 5.41) is 4.50. The second-order valence-electron chi connectivity index (χ2n) is 8.95. The Bertz CT molecular complexity index is 1550. The lowest BCUT2D eigenvalue weighted by Crippen LogP contribution is -2.29. The van der Waals surface area contributed by atoms with Crippen molar-refractivity contribution in [1.29, 1.82) is 0 Å². The first-order chi connectivity index (χ1) is 18.7. The molecular weight excluding hydrogens is 534 g/mol. The van der Waals surface area contributed by atoms with E-state index in [2.05, 4.69) is 10.5 Å². The molecule has 0 unspecified atom stereocenters. The Morgan fingerprint density at radius 2 is 1.62 bits per heavy atom. The number of hydrazone groups is 1. The number of anilines is 1. The van der Waals surface area contributed by atoms with Crippen LogP contribution >= 0.6 is 11.6 Å². The first kappa shape index (κ1) is 27.9. The molecule has 0 heterocycles. The molecule has 9 heteroatoms. The van der Waals surface area contributed by atoms with Gasteiger partial charge in [0.05, 0.1) is 24.7 Å². The highest BCUT2D eigenvalue weighted by molar-refractivity contribution is 7.92. The quantitative estimate of drug-likeness (QED) is 0.191. The average Bonchev–Trinajstić information content (AvgIpc) is 2.92. The third kappa shape index (κ3) is 7.92. The maximum atomic E-state index is 12.5. The van der Waals surface area contributed by atoms with Crippen molar-refractivity contribution in [2.24, 2.45) is 5.10 Å². The molecule has 0 aliphatic carbocycles. The third-order valence-corrected chi connectivity index (χ3v) is 7.38. The summed E-state index contributed by atoms with van der Waals surface area (Å²) >= 11 is 6.22. The second-order valence-corrected chi connectivity index (χ2v) is 11.3. The van der Waals surface area contributed by atoms with E-state index in [1.54, 1.807) is 48.5 Å². The molecule has 4 aromatic carbocycles. The molecule has 4 aromatic rings. The summed E-state index contributed by atoms with van der Waals surface area (Å²) in [5.41, 5.74) is 7.00. The number of carbonyl (C=O) groups excluding carboxylic acids is 1. The van der Waals surface area contributed by atoms with Gasteiger partial charge in [0.15, 0.2) is 0 Å². The molecule has 4 rings (SSSR count). The fraction of sp³-hybridized carbons (Fsp3) is 0.133. The predicted octanol–water partition coefficient (Wildman–Crippen LogP) is 5.96. The summed E-state index contributed by atoms with van der Waals surface area (Å²) in [4.78, 5) is 12.5. The van der Waals surface area contributed by atoms with Crippen molar-refractivity contribution in [2.45, 2.75) is 20.1 Å². The number of sulfonamides is 1. The van der Waals surface area contributed by atoms with Gasteiger partial charge in [-0.3, -0.25) is 9.10 Å². The van der Waals surface area contributed by atoms with Gasteiger partial charge < -0.3 is 4.74 Å². The summed E-state index contributed by atoms with van der Waals surface area (Å²) in [6.45, 7) is 2.59. The first-order valence-electron chi connectivity index (χ1n) is 12.1. The van der Waals surface area contributed by atoms with Crippen molar-refractivity contribution < 1.29 is 17.9 Å². The minimum Gasteiger partial charge on any atom is -0.489 e. The number of aryl methyl sites for hydroxylation is 1. The van der Waals surface area contributed by atoms with Crippen molar-refractivity contribution in [2.75, 3.05) is 10.6 Å². The van der Waals surface area contributed by atoms with Gasteiger partial charge in [-0.1, -0.05) is 59.6 Å². The maximum Gasteiger partial charge on any atom is 0.271 e. The Labute approximate surface area is 233 Å². The van der Waals surface area contributed by atoms with Gasteiger partial charge in [0.2, 0.25) is 10.0 Å². The van der Waals surface area contributed by atoms with Crippen LogP contribution in [0.1, 0.15) is 32.6 Å². The van der Waals surface area contributed by atoms with Gasteiger partial charge in [-0.05, 0) is 78.2 Å². The van der Waals surface area contributed by atoms with Gasteiger partial charge in [-0.25, -0.2) is 13.8 Å². The van der Waals surface area contributed by atoms with Crippen LogP contribution in [0.2, 0.25) is 5.02 Å². The summed E-state index contributed by atoms with van der Waals surface area (Å²) in [7, 11) is -3.59. The number of hydrogen-bond acceptors (Lipinski definition) is 5. The number of hydrogen-bond donors (Lipinski definition) is 1. The van der Waals surface area contributed by atoms with Crippen LogP contribution in [0, 0.1) is 6.92 Å². The molecule has 0 fully saturated rings. The van der Waals surface area contributed by atoms with Gasteiger partial charge >= 0.3 is 0 Å². The Kier molecular flexibility index (Phi) is 9.01. The van der Waals surface area contributed by atoms with E-state index in [-0.39, 0.29) is 6.54 Å². The lowest BCUT2D eigenvalue weighted by Gasteiger charge is -2.23. The summed E-state index contributed by atoms with van der Waals surface area (Å²) in [6, 6.07) is 28.8. The second kappa shape index (κ2) is 12.6. The summed E-state index contributed by atoms with van der Waals surface area (Å²) in [5.74, 6) is 0.308. The SMILES string of the molecule is Cc1ccc(COc2ccc(/C=N\NC(=O)c3ccc(N(Cc4ccccc4Cl)S(C)(=O)=O)cc3)cc2)cc1. The maximum absolute atomic E-state index is 12.5. The van der Waals surface area contributed by atoms with E-state index in [4.69, 9.17) is 16.3 Å². The fourth-order valence-electron chi connectivity index (χ4n) is 3.69. The molecule has 1 N–H and O–H groups in total. The van der Waals surface area contributed by atoms with Crippen LogP contribution in [0.15, 0.2) is 102 Å². The van der Waals surface area contributed by atoms with Crippen LogP contribution < -0.4 is 14.5 Å².